The van der Waals surface area contributed by atoms with Crippen LogP contribution in [-0.4, -0.2) is 24.6 Å². The van der Waals surface area contributed by atoms with Crippen LogP contribution in [0.4, 0.5) is 5.82 Å². The second kappa shape index (κ2) is 5.91. The van der Waals surface area contributed by atoms with Gasteiger partial charge in [-0.3, -0.25) is 0 Å². The Labute approximate surface area is 116 Å². The minimum Gasteiger partial charge on any atom is -0.356 e. The average Bonchev–Trinajstić information content (AvgIpc) is 2.48. The van der Waals surface area contributed by atoms with Crippen molar-refractivity contribution in [1.29, 1.82) is 0 Å². The van der Waals surface area contributed by atoms with Gasteiger partial charge < -0.3 is 10.6 Å². The average molecular weight is 259 g/mol. The summed E-state index contributed by atoms with van der Waals surface area (Å²) >= 11 is 0. The number of aromatic nitrogens is 1. The van der Waals surface area contributed by atoms with E-state index in [1.165, 1.54) is 50.8 Å². The maximum atomic E-state index is 5.58. The molecule has 0 bridgehead atoms. The van der Waals surface area contributed by atoms with Gasteiger partial charge in [-0.15, -0.1) is 0 Å². The zero-order chi connectivity index (χ0) is 13.1. The molecule has 0 amide bonds. The third kappa shape index (κ3) is 2.92. The lowest BCUT2D eigenvalue weighted by atomic mass is 9.75. The van der Waals surface area contributed by atoms with E-state index in [9.17, 15) is 0 Å². The molecule has 2 atom stereocenters. The Hall–Kier alpha value is -1.09. The standard InChI is InChI=1S/C16H25N3/c17-9-7-13-5-6-16(18-11-13)19-10-8-14-3-1-2-4-15(14)12-19/h5-6,11,14-15H,1-4,7-10,12,17H2. The molecular formula is C16H25N3. The van der Waals surface area contributed by atoms with Gasteiger partial charge in [0.25, 0.3) is 0 Å². The third-order valence-electron chi connectivity index (χ3n) is 4.86. The molecule has 0 aromatic carbocycles. The maximum absolute atomic E-state index is 5.58. The Morgan fingerprint density at radius 3 is 2.74 bits per heavy atom. The normalized spacial score (nSPS) is 27.1. The van der Waals surface area contributed by atoms with Crippen molar-refractivity contribution in [2.45, 2.75) is 38.5 Å². The van der Waals surface area contributed by atoms with Crippen molar-refractivity contribution in [2.24, 2.45) is 17.6 Å². The highest BCUT2D eigenvalue weighted by atomic mass is 15.2. The van der Waals surface area contributed by atoms with Crippen LogP contribution in [0.1, 0.15) is 37.7 Å². The largest absolute Gasteiger partial charge is 0.356 e. The van der Waals surface area contributed by atoms with Crippen LogP contribution in [0, 0.1) is 11.8 Å². The van der Waals surface area contributed by atoms with Crippen LogP contribution in [0.3, 0.4) is 0 Å². The molecule has 3 heteroatoms. The summed E-state index contributed by atoms with van der Waals surface area (Å²) in [5.41, 5.74) is 6.83. The van der Waals surface area contributed by atoms with E-state index in [4.69, 9.17) is 5.73 Å². The Balaban J connectivity index is 1.65. The first-order valence-electron chi connectivity index (χ1n) is 7.77. The first-order chi connectivity index (χ1) is 9.36. The monoisotopic (exact) mass is 259 g/mol. The van der Waals surface area contributed by atoms with Crippen molar-refractivity contribution in [3.63, 3.8) is 0 Å². The number of fused-ring (bicyclic) bond motifs is 1. The molecule has 1 saturated carbocycles. The molecule has 0 radical (unpaired) electrons. The minimum absolute atomic E-state index is 0.703. The van der Waals surface area contributed by atoms with Gasteiger partial charge in [0.1, 0.15) is 5.82 Å². The highest BCUT2D eigenvalue weighted by Gasteiger charge is 2.31. The molecule has 3 nitrogen and oxygen atoms in total. The summed E-state index contributed by atoms with van der Waals surface area (Å²) in [6.07, 6.45) is 10.0. The molecule has 2 fully saturated rings. The number of hydrogen-bond acceptors (Lipinski definition) is 3. The van der Waals surface area contributed by atoms with Crippen LogP contribution in [0.15, 0.2) is 18.3 Å². The molecule has 2 N–H and O–H groups in total. The second-order valence-corrected chi connectivity index (χ2v) is 6.10. The van der Waals surface area contributed by atoms with E-state index in [1.54, 1.807) is 0 Å². The number of rotatable bonds is 3. The topological polar surface area (TPSA) is 42.1 Å². The molecule has 1 aromatic rings. The molecule has 0 spiro atoms. The molecule has 2 heterocycles. The van der Waals surface area contributed by atoms with Gasteiger partial charge in [-0.1, -0.05) is 25.3 Å². The van der Waals surface area contributed by atoms with Crippen molar-refractivity contribution in [3.8, 4) is 0 Å². The molecule has 1 aliphatic heterocycles. The van der Waals surface area contributed by atoms with E-state index in [-0.39, 0.29) is 0 Å². The van der Waals surface area contributed by atoms with E-state index >= 15 is 0 Å². The van der Waals surface area contributed by atoms with E-state index in [2.05, 4.69) is 22.0 Å². The highest BCUT2D eigenvalue weighted by Crippen LogP contribution is 2.37. The molecule has 2 aliphatic rings. The fourth-order valence-electron chi connectivity index (χ4n) is 3.73. The van der Waals surface area contributed by atoms with Gasteiger partial charge in [-0.2, -0.15) is 0 Å². The fourth-order valence-corrected chi connectivity index (χ4v) is 3.73. The summed E-state index contributed by atoms with van der Waals surface area (Å²) in [5, 5.41) is 0. The molecule has 2 unspecified atom stereocenters. The van der Waals surface area contributed by atoms with Crippen molar-refractivity contribution < 1.29 is 0 Å². The van der Waals surface area contributed by atoms with Crippen molar-refractivity contribution in [3.05, 3.63) is 23.9 Å². The summed E-state index contributed by atoms with van der Waals surface area (Å²) in [5.74, 6) is 3.05. The van der Waals surface area contributed by atoms with E-state index in [1.807, 2.05) is 6.20 Å². The molecule has 19 heavy (non-hydrogen) atoms. The van der Waals surface area contributed by atoms with E-state index in [0.29, 0.717) is 6.54 Å². The van der Waals surface area contributed by atoms with Crippen LogP contribution < -0.4 is 10.6 Å². The number of nitrogens with zero attached hydrogens (tertiary/aromatic N) is 2. The molecule has 1 saturated heterocycles. The summed E-state index contributed by atoms with van der Waals surface area (Å²) in [6.45, 7) is 3.10. The Kier molecular flexibility index (Phi) is 4.02. The van der Waals surface area contributed by atoms with Gasteiger partial charge in [-0.05, 0) is 49.3 Å². The van der Waals surface area contributed by atoms with Crippen LogP contribution in [0.5, 0.6) is 0 Å². The van der Waals surface area contributed by atoms with Crippen molar-refractivity contribution in [2.75, 3.05) is 24.5 Å². The SMILES string of the molecule is NCCc1ccc(N2CCC3CCCCC3C2)nc1. The van der Waals surface area contributed by atoms with Crippen LogP contribution in [0.2, 0.25) is 0 Å². The van der Waals surface area contributed by atoms with Crippen LogP contribution >= 0.6 is 0 Å². The highest BCUT2D eigenvalue weighted by molar-refractivity contribution is 5.40. The summed E-state index contributed by atoms with van der Waals surface area (Å²) in [7, 11) is 0. The van der Waals surface area contributed by atoms with Gasteiger partial charge in [-0.25, -0.2) is 4.98 Å². The lowest BCUT2D eigenvalue weighted by Crippen LogP contribution is -2.42. The quantitative estimate of drug-likeness (QED) is 0.907. The molecular weight excluding hydrogens is 234 g/mol. The molecule has 1 aromatic heterocycles. The number of piperidine rings is 1. The first-order valence-corrected chi connectivity index (χ1v) is 7.77. The van der Waals surface area contributed by atoms with Gasteiger partial charge in [0, 0.05) is 19.3 Å². The Bertz CT molecular complexity index is 401. The lowest BCUT2D eigenvalue weighted by Gasteiger charge is -2.41. The number of anilines is 1. The molecule has 1 aliphatic carbocycles. The number of nitrogens with two attached hydrogens (primary N) is 1. The Morgan fingerprint density at radius 1 is 1.16 bits per heavy atom. The van der Waals surface area contributed by atoms with Gasteiger partial charge >= 0.3 is 0 Å². The number of hydrogen-bond donors (Lipinski definition) is 1. The predicted octanol–water partition coefficient (Wildman–Crippen LogP) is 2.60. The third-order valence-corrected chi connectivity index (χ3v) is 4.86. The second-order valence-electron chi connectivity index (χ2n) is 6.10. The first kappa shape index (κ1) is 12.9. The van der Waals surface area contributed by atoms with E-state index in [0.717, 1.165) is 24.1 Å². The predicted molar refractivity (Wildman–Crippen MR) is 79.3 cm³/mol. The summed E-state index contributed by atoms with van der Waals surface area (Å²) in [4.78, 5) is 7.11. The Morgan fingerprint density at radius 2 is 2.00 bits per heavy atom. The smallest absolute Gasteiger partial charge is 0.128 e. The van der Waals surface area contributed by atoms with Gasteiger partial charge in [0.2, 0.25) is 0 Å². The number of pyridine rings is 1. The molecule has 104 valence electrons. The summed E-state index contributed by atoms with van der Waals surface area (Å²) in [6, 6.07) is 4.36. The van der Waals surface area contributed by atoms with E-state index < -0.39 is 0 Å². The van der Waals surface area contributed by atoms with Crippen molar-refractivity contribution in [1.82, 2.24) is 4.98 Å². The maximum Gasteiger partial charge on any atom is 0.128 e. The lowest BCUT2D eigenvalue weighted by molar-refractivity contribution is 0.202. The zero-order valence-electron chi connectivity index (χ0n) is 11.7. The van der Waals surface area contributed by atoms with Gasteiger partial charge in [0.05, 0.1) is 0 Å². The zero-order valence-corrected chi connectivity index (χ0v) is 11.7. The van der Waals surface area contributed by atoms with Gasteiger partial charge in [0.15, 0.2) is 0 Å². The molecule has 3 rings (SSSR count). The fraction of sp³-hybridized carbons (Fsp3) is 0.688. The van der Waals surface area contributed by atoms with Crippen molar-refractivity contribution >= 4 is 5.82 Å². The minimum atomic E-state index is 0.703. The van der Waals surface area contributed by atoms with Crippen LogP contribution in [-0.2, 0) is 6.42 Å². The van der Waals surface area contributed by atoms with Crippen LogP contribution in [0.25, 0.3) is 0 Å². The summed E-state index contributed by atoms with van der Waals surface area (Å²) < 4.78 is 0.